The number of nitrogens with one attached hydrogen (secondary N) is 3. The van der Waals surface area contributed by atoms with Gasteiger partial charge in [-0.25, -0.2) is 4.79 Å². The maximum atomic E-state index is 11.5. The Morgan fingerprint density at radius 1 is 1.21 bits per heavy atom. The normalized spacial score (nSPS) is 12.4. The second-order valence-electron chi connectivity index (χ2n) is 5.10. The number of hydrogen-bond donors (Lipinski definition) is 4. The first-order valence-corrected chi connectivity index (χ1v) is 6.17. The number of rotatable bonds is 7. The molecule has 0 aromatic heterocycles. The molecule has 0 aromatic rings. The van der Waals surface area contributed by atoms with E-state index >= 15 is 0 Å². The molecule has 1 unspecified atom stereocenters. The Morgan fingerprint density at radius 3 is 2.26 bits per heavy atom. The van der Waals surface area contributed by atoms with Gasteiger partial charge in [0.2, 0.25) is 5.91 Å². The lowest BCUT2D eigenvalue weighted by molar-refractivity contribution is -0.141. The summed E-state index contributed by atoms with van der Waals surface area (Å²) in [5, 5.41) is 16.3. The predicted octanol–water partition coefficient (Wildman–Crippen LogP) is 0.169. The molecule has 0 aliphatic rings. The van der Waals surface area contributed by atoms with Crippen molar-refractivity contribution in [3.05, 3.63) is 0 Å². The Morgan fingerprint density at radius 2 is 1.79 bits per heavy atom. The van der Waals surface area contributed by atoms with Gasteiger partial charge in [0.25, 0.3) is 0 Å². The van der Waals surface area contributed by atoms with E-state index < -0.39 is 23.3 Å². The Bertz CT molecular complexity index is 342. The lowest BCUT2D eigenvalue weighted by Crippen LogP contribution is -2.46. The molecule has 19 heavy (non-hydrogen) atoms. The van der Waals surface area contributed by atoms with E-state index in [1.54, 1.807) is 20.8 Å². The molecule has 0 aromatic carbocycles. The largest absolute Gasteiger partial charge is 0.481 e. The van der Waals surface area contributed by atoms with Crippen LogP contribution in [0.15, 0.2) is 0 Å². The van der Waals surface area contributed by atoms with Gasteiger partial charge >= 0.3 is 12.0 Å². The van der Waals surface area contributed by atoms with Gasteiger partial charge in [0.1, 0.15) is 0 Å². The number of urea groups is 1. The summed E-state index contributed by atoms with van der Waals surface area (Å²) in [6, 6.07) is -0.408. The minimum Gasteiger partial charge on any atom is -0.481 e. The van der Waals surface area contributed by atoms with E-state index in [2.05, 4.69) is 16.0 Å². The van der Waals surface area contributed by atoms with E-state index in [0.717, 1.165) is 0 Å². The standard InChI is InChI=1S/C12H23N3O4/c1-8(9(16)17)5-6-14-11(19)15-7-12(2,3)10(18)13-4/h8H,5-7H2,1-4H3,(H,13,18)(H,16,17)(H2,14,15,19). The predicted molar refractivity (Wildman–Crippen MR) is 70.7 cm³/mol. The van der Waals surface area contributed by atoms with Crippen LogP contribution in [0.5, 0.6) is 0 Å². The molecule has 0 rings (SSSR count). The Labute approximate surface area is 113 Å². The molecule has 3 amide bonds. The first-order chi connectivity index (χ1) is 8.70. The Balaban J connectivity index is 3.94. The molecule has 0 saturated carbocycles. The zero-order chi connectivity index (χ0) is 15.1. The summed E-state index contributed by atoms with van der Waals surface area (Å²) in [7, 11) is 1.54. The van der Waals surface area contributed by atoms with Gasteiger partial charge in [0, 0.05) is 20.1 Å². The molecule has 0 saturated heterocycles. The number of hydrogen-bond acceptors (Lipinski definition) is 3. The zero-order valence-electron chi connectivity index (χ0n) is 11.9. The molecule has 0 aliphatic heterocycles. The fourth-order valence-corrected chi connectivity index (χ4v) is 1.31. The highest BCUT2D eigenvalue weighted by molar-refractivity contribution is 5.82. The number of carbonyl (C=O) groups is 3. The van der Waals surface area contributed by atoms with Crippen LogP contribution in [0.25, 0.3) is 0 Å². The summed E-state index contributed by atoms with van der Waals surface area (Å²) < 4.78 is 0. The molecule has 7 heteroatoms. The third-order valence-electron chi connectivity index (χ3n) is 2.82. The van der Waals surface area contributed by atoms with E-state index in [1.807, 2.05) is 0 Å². The van der Waals surface area contributed by atoms with Crippen LogP contribution in [0.4, 0.5) is 4.79 Å². The first kappa shape index (κ1) is 17.2. The zero-order valence-corrected chi connectivity index (χ0v) is 11.9. The van der Waals surface area contributed by atoms with Crippen molar-refractivity contribution in [2.45, 2.75) is 27.2 Å². The van der Waals surface area contributed by atoms with Crippen molar-refractivity contribution in [1.29, 1.82) is 0 Å². The monoisotopic (exact) mass is 273 g/mol. The molecule has 4 N–H and O–H groups in total. The van der Waals surface area contributed by atoms with E-state index in [9.17, 15) is 14.4 Å². The summed E-state index contributed by atoms with van der Waals surface area (Å²) in [6.45, 7) is 5.50. The highest BCUT2D eigenvalue weighted by Gasteiger charge is 2.26. The molecule has 0 bridgehead atoms. The van der Waals surface area contributed by atoms with Crippen molar-refractivity contribution >= 4 is 17.9 Å². The highest BCUT2D eigenvalue weighted by atomic mass is 16.4. The second-order valence-corrected chi connectivity index (χ2v) is 5.10. The Kier molecular flexibility index (Phi) is 6.89. The third kappa shape index (κ3) is 6.64. The van der Waals surface area contributed by atoms with Crippen molar-refractivity contribution in [3.8, 4) is 0 Å². The van der Waals surface area contributed by atoms with Crippen LogP contribution in [0.2, 0.25) is 0 Å². The van der Waals surface area contributed by atoms with Gasteiger partial charge in [-0.15, -0.1) is 0 Å². The highest BCUT2D eigenvalue weighted by Crippen LogP contribution is 2.12. The average molecular weight is 273 g/mol. The third-order valence-corrected chi connectivity index (χ3v) is 2.82. The molecule has 0 spiro atoms. The number of carboxylic acid groups (broad SMARTS) is 1. The average Bonchev–Trinajstić information content (AvgIpc) is 2.35. The quantitative estimate of drug-likeness (QED) is 0.530. The number of carbonyl (C=O) groups excluding carboxylic acids is 2. The molecule has 0 radical (unpaired) electrons. The minimum atomic E-state index is -0.886. The van der Waals surface area contributed by atoms with Gasteiger partial charge in [-0.3, -0.25) is 9.59 Å². The smallest absolute Gasteiger partial charge is 0.314 e. The minimum absolute atomic E-state index is 0.160. The van der Waals surface area contributed by atoms with Crippen LogP contribution >= 0.6 is 0 Å². The molecule has 0 heterocycles. The second kappa shape index (κ2) is 7.60. The van der Waals surface area contributed by atoms with Gasteiger partial charge < -0.3 is 21.1 Å². The maximum Gasteiger partial charge on any atom is 0.314 e. The molecule has 0 aliphatic carbocycles. The van der Waals surface area contributed by atoms with Crippen molar-refractivity contribution in [1.82, 2.24) is 16.0 Å². The van der Waals surface area contributed by atoms with Crippen molar-refractivity contribution in [2.24, 2.45) is 11.3 Å². The number of carboxylic acids is 1. The maximum absolute atomic E-state index is 11.5. The molecular weight excluding hydrogens is 250 g/mol. The van der Waals surface area contributed by atoms with Crippen LogP contribution in [0.1, 0.15) is 27.2 Å². The molecule has 1 atom stereocenters. The number of aliphatic carboxylic acids is 1. The fraction of sp³-hybridized carbons (Fsp3) is 0.750. The fourth-order valence-electron chi connectivity index (χ4n) is 1.31. The number of amides is 3. The van der Waals surface area contributed by atoms with Gasteiger partial charge in [0.05, 0.1) is 11.3 Å². The molecule has 0 fully saturated rings. The lowest BCUT2D eigenvalue weighted by atomic mass is 9.92. The van der Waals surface area contributed by atoms with Crippen molar-refractivity contribution in [2.75, 3.05) is 20.1 Å². The summed E-state index contributed by atoms with van der Waals surface area (Å²) in [5.74, 6) is -1.54. The van der Waals surface area contributed by atoms with Gasteiger partial charge in [-0.2, -0.15) is 0 Å². The Hall–Kier alpha value is -1.79. The molecular formula is C12H23N3O4. The van der Waals surface area contributed by atoms with Crippen LogP contribution in [0.3, 0.4) is 0 Å². The lowest BCUT2D eigenvalue weighted by Gasteiger charge is -2.22. The van der Waals surface area contributed by atoms with E-state index in [4.69, 9.17) is 5.11 Å². The summed E-state index contributed by atoms with van der Waals surface area (Å²) in [5.41, 5.74) is -0.694. The van der Waals surface area contributed by atoms with Gasteiger partial charge in [-0.1, -0.05) is 6.92 Å². The SMILES string of the molecule is CNC(=O)C(C)(C)CNC(=O)NCCC(C)C(=O)O. The van der Waals surface area contributed by atoms with Gasteiger partial charge in [-0.05, 0) is 20.3 Å². The van der Waals surface area contributed by atoms with Crippen molar-refractivity contribution in [3.63, 3.8) is 0 Å². The summed E-state index contributed by atoms with van der Waals surface area (Å²) >= 11 is 0. The molecule has 7 nitrogen and oxygen atoms in total. The van der Waals surface area contributed by atoms with Crippen LogP contribution < -0.4 is 16.0 Å². The van der Waals surface area contributed by atoms with E-state index in [-0.39, 0.29) is 19.0 Å². The van der Waals surface area contributed by atoms with Crippen LogP contribution in [-0.4, -0.2) is 43.2 Å². The summed E-state index contributed by atoms with van der Waals surface area (Å²) in [4.78, 5) is 33.5. The van der Waals surface area contributed by atoms with Crippen LogP contribution in [-0.2, 0) is 9.59 Å². The van der Waals surface area contributed by atoms with E-state index in [1.165, 1.54) is 7.05 Å². The topological polar surface area (TPSA) is 108 Å². The molecule has 110 valence electrons. The first-order valence-electron chi connectivity index (χ1n) is 6.17. The van der Waals surface area contributed by atoms with Crippen molar-refractivity contribution < 1.29 is 19.5 Å². The van der Waals surface area contributed by atoms with Gasteiger partial charge in [0.15, 0.2) is 0 Å². The van der Waals surface area contributed by atoms with E-state index in [0.29, 0.717) is 6.42 Å². The van der Waals surface area contributed by atoms with Crippen LogP contribution in [0, 0.1) is 11.3 Å². The summed E-state index contributed by atoms with van der Waals surface area (Å²) in [6.07, 6.45) is 0.363.